The van der Waals surface area contributed by atoms with Crippen molar-refractivity contribution in [3.8, 4) is 12.3 Å². The zero-order chi connectivity index (χ0) is 14.5. The van der Waals surface area contributed by atoms with Gasteiger partial charge in [-0.1, -0.05) is 12.8 Å². The summed E-state index contributed by atoms with van der Waals surface area (Å²) >= 11 is 3.31. The summed E-state index contributed by atoms with van der Waals surface area (Å²) in [4.78, 5) is 12.0. The van der Waals surface area contributed by atoms with Crippen LogP contribution in [0.4, 0.5) is 5.69 Å². The van der Waals surface area contributed by atoms with E-state index in [4.69, 9.17) is 11.2 Å². The summed E-state index contributed by atoms with van der Waals surface area (Å²) in [6, 6.07) is 0. The van der Waals surface area contributed by atoms with E-state index >= 15 is 0 Å². The first-order valence-electron chi connectivity index (χ1n) is 6.72. The molecule has 0 saturated carbocycles. The van der Waals surface area contributed by atoms with Crippen molar-refractivity contribution in [2.45, 2.75) is 32.4 Å². The zero-order valence-electron chi connectivity index (χ0n) is 11.4. The molecule has 0 radical (unpaired) electrons. The summed E-state index contributed by atoms with van der Waals surface area (Å²) < 4.78 is 7.37. The number of hydrogen-bond donors (Lipinski definition) is 1. The molecule has 0 aliphatic carbocycles. The SMILES string of the molecule is C#CCn1ncc(NCC2CCOC2CC)c(Br)c1=O. The molecule has 2 atom stereocenters. The number of nitrogens with zero attached hydrogens (tertiary/aromatic N) is 2. The largest absolute Gasteiger partial charge is 0.382 e. The fraction of sp³-hybridized carbons (Fsp3) is 0.571. The Morgan fingerprint density at radius 1 is 1.70 bits per heavy atom. The Balaban J connectivity index is 2.05. The van der Waals surface area contributed by atoms with E-state index in [1.165, 1.54) is 4.68 Å². The first kappa shape index (κ1) is 15.1. The van der Waals surface area contributed by atoms with Crippen LogP contribution in [0.1, 0.15) is 19.8 Å². The molecule has 1 aliphatic rings. The molecule has 0 spiro atoms. The van der Waals surface area contributed by atoms with Crippen molar-refractivity contribution in [1.82, 2.24) is 9.78 Å². The molecular formula is C14H18BrN3O2. The van der Waals surface area contributed by atoms with Crippen LogP contribution in [0.25, 0.3) is 0 Å². The number of terminal acetylenes is 1. The van der Waals surface area contributed by atoms with Crippen LogP contribution < -0.4 is 10.9 Å². The number of anilines is 1. The zero-order valence-corrected chi connectivity index (χ0v) is 13.0. The van der Waals surface area contributed by atoms with Gasteiger partial charge in [0.05, 0.1) is 18.0 Å². The minimum absolute atomic E-state index is 0.173. The maximum absolute atomic E-state index is 12.0. The third-order valence-electron chi connectivity index (χ3n) is 3.53. The predicted molar refractivity (Wildman–Crippen MR) is 81.7 cm³/mol. The van der Waals surface area contributed by atoms with Crippen molar-refractivity contribution in [3.05, 3.63) is 21.0 Å². The highest BCUT2D eigenvalue weighted by Gasteiger charge is 2.26. The van der Waals surface area contributed by atoms with Gasteiger partial charge < -0.3 is 10.1 Å². The maximum atomic E-state index is 12.0. The highest BCUT2D eigenvalue weighted by molar-refractivity contribution is 9.10. The minimum atomic E-state index is -0.220. The van der Waals surface area contributed by atoms with Crippen molar-refractivity contribution in [2.75, 3.05) is 18.5 Å². The van der Waals surface area contributed by atoms with Gasteiger partial charge in [-0.25, -0.2) is 4.68 Å². The minimum Gasteiger partial charge on any atom is -0.382 e. The lowest BCUT2D eigenvalue weighted by Gasteiger charge is -2.18. The standard InChI is InChI=1S/C14H18BrN3O2/c1-3-6-18-14(19)13(15)11(9-17-18)16-8-10-5-7-20-12(10)4-2/h1,9-10,12,16H,4-8H2,2H3. The van der Waals surface area contributed by atoms with Gasteiger partial charge >= 0.3 is 0 Å². The van der Waals surface area contributed by atoms with Gasteiger partial charge in [0.15, 0.2) is 0 Å². The van der Waals surface area contributed by atoms with E-state index in [2.05, 4.69) is 39.2 Å². The molecule has 1 saturated heterocycles. The molecule has 0 amide bonds. The van der Waals surface area contributed by atoms with Gasteiger partial charge in [0, 0.05) is 19.1 Å². The summed E-state index contributed by atoms with van der Waals surface area (Å²) in [5.74, 6) is 2.88. The molecule has 0 bridgehead atoms. The smallest absolute Gasteiger partial charge is 0.284 e. The van der Waals surface area contributed by atoms with Crippen LogP contribution in [-0.4, -0.2) is 29.0 Å². The van der Waals surface area contributed by atoms with Gasteiger partial charge in [0.2, 0.25) is 0 Å². The van der Waals surface area contributed by atoms with Crippen molar-refractivity contribution in [3.63, 3.8) is 0 Å². The Bertz CT molecular complexity index is 565. The van der Waals surface area contributed by atoms with Crippen LogP contribution in [0, 0.1) is 18.3 Å². The van der Waals surface area contributed by atoms with Gasteiger partial charge in [-0.05, 0) is 28.8 Å². The van der Waals surface area contributed by atoms with Crippen LogP contribution in [-0.2, 0) is 11.3 Å². The van der Waals surface area contributed by atoms with Crippen LogP contribution >= 0.6 is 15.9 Å². The summed E-state index contributed by atoms with van der Waals surface area (Å²) in [6.45, 7) is 3.89. The molecule has 1 aromatic heterocycles. The second-order valence-electron chi connectivity index (χ2n) is 4.79. The average molecular weight is 340 g/mol. The van der Waals surface area contributed by atoms with Crippen molar-refractivity contribution >= 4 is 21.6 Å². The third-order valence-corrected chi connectivity index (χ3v) is 4.30. The molecule has 2 unspecified atom stereocenters. The van der Waals surface area contributed by atoms with Crippen LogP contribution in [0.3, 0.4) is 0 Å². The number of aromatic nitrogens is 2. The second-order valence-corrected chi connectivity index (χ2v) is 5.58. The molecule has 20 heavy (non-hydrogen) atoms. The van der Waals surface area contributed by atoms with Gasteiger partial charge in [-0.3, -0.25) is 4.79 Å². The quantitative estimate of drug-likeness (QED) is 0.832. The Morgan fingerprint density at radius 2 is 2.50 bits per heavy atom. The summed E-state index contributed by atoms with van der Waals surface area (Å²) in [7, 11) is 0. The molecule has 6 heteroatoms. The fourth-order valence-corrected chi connectivity index (χ4v) is 2.85. The monoisotopic (exact) mass is 339 g/mol. The molecule has 2 rings (SSSR count). The topological polar surface area (TPSA) is 56.1 Å². The van der Waals surface area contributed by atoms with E-state index < -0.39 is 0 Å². The van der Waals surface area contributed by atoms with E-state index in [1.54, 1.807) is 6.20 Å². The van der Waals surface area contributed by atoms with Crippen molar-refractivity contribution < 1.29 is 4.74 Å². The molecule has 0 aromatic carbocycles. The summed E-state index contributed by atoms with van der Waals surface area (Å²) in [5.41, 5.74) is 0.479. The van der Waals surface area contributed by atoms with Crippen molar-refractivity contribution in [2.24, 2.45) is 5.92 Å². The van der Waals surface area contributed by atoms with Gasteiger partial charge in [0.1, 0.15) is 11.0 Å². The predicted octanol–water partition coefficient (Wildman–Crippen LogP) is 1.87. The first-order valence-corrected chi connectivity index (χ1v) is 7.51. The van der Waals surface area contributed by atoms with Crippen LogP contribution in [0.15, 0.2) is 15.5 Å². The molecular weight excluding hydrogens is 322 g/mol. The average Bonchev–Trinajstić information content (AvgIpc) is 2.91. The third kappa shape index (κ3) is 3.22. The van der Waals surface area contributed by atoms with E-state index in [9.17, 15) is 4.79 Å². The lowest BCUT2D eigenvalue weighted by molar-refractivity contribution is 0.0900. The fourth-order valence-electron chi connectivity index (χ4n) is 2.41. The highest BCUT2D eigenvalue weighted by Crippen LogP contribution is 2.24. The highest BCUT2D eigenvalue weighted by atomic mass is 79.9. The second kappa shape index (κ2) is 6.91. The van der Waals surface area contributed by atoms with Crippen LogP contribution in [0.2, 0.25) is 0 Å². The normalized spacial score (nSPS) is 21.6. The lowest BCUT2D eigenvalue weighted by Crippen LogP contribution is -2.26. The number of halogens is 1. The van der Waals surface area contributed by atoms with E-state index in [0.29, 0.717) is 22.2 Å². The van der Waals surface area contributed by atoms with E-state index in [1.807, 2.05) is 0 Å². The number of ether oxygens (including phenoxy) is 1. The Morgan fingerprint density at radius 3 is 3.20 bits per heavy atom. The van der Waals surface area contributed by atoms with Crippen LogP contribution in [0.5, 0.6) is 0 Å². The maximum Gasteiger partial charge on any atom is 0.284 e. The summed E-state index contributed by atoms with van der Waals surface area (Å²) in [5, 5.41) is 7.33. The molecule has 1 fully saturated rings. The molecule has 1 aliphatic heterocycles. The Labute approximate surface area is 126 Å². The molecule has 2 heterocycles. The van der Waals surface area contributed by atoms with Gasteiger partial charge in [-0.2, -0.15) is 5.10 Å². The van der Waals surface area contributed by atoms with Crippen molar-refractivity contribution in [1.29, 1.82) is 0 Å². The number of hydrogen-bond acceptors (Lipinski definition) is 4. The molecule has 5 nitrogen and oxygen atoms in total. The molecule has 1 aromatic rings. The Kier molecular flexibility index (Phi) is 5.21. The van der Waals surface area contributed by atoms with E-state index in [0.717, 1.165) is 26.0 Å². The van der Waals surface area contributed by atoms with E-state index in [-0.39, 0.29) is 12.1 Å². The molecule has 1 N–H and O–H groups in total. The lowest BCUT2D eigenvalue weighted by atomic mass is 10.00. The number of rotatable bonds is 5. The Hall–Kier alpha value is -1.32. The molecule has 108 valence electrons. The van der Waals surface area contributed by atoms with Gasteiger partial charge in [0.25, 0.3) is 5.56 Å². The van der Waals surface area contributed by atoms with Gasteiger partial charge in [-0.15, -0.1) is 6.42 Å². The number of nitrogens with one attached hydrogen (secondary N) is 1. The summed E-state index contributed by atoms with van der Waals surface area (Å²) in [6.07, 6.45) is 9.18. The first-order chi connectivity index (χ1) is 9.67.